The van der Waals surface area contributed by atoms with E-state index in [1.807, 2.05) is 0 Å². The summed E-state index contributed by atoms with van der Waals surface area (Å²) >= 11 is 0. The molecule has 0 rings (SSSR count). The fourth-order valence-corrected chi connectivity index (χ4v) is 0. The fraction of sp³-hybridized carbons (Fsp3) is 0. The molecular weight excluding hydrogens is 247 g/mol. The van der Waals surface area contributed by atoms with Gasteiger partial charge in [-0.05, 0) is 0 Å². The fourth-order valence-electron chi connectivity index (χ4n) is 0. The van der Waals surface area contributed by atoms with Crippen LogP contribution in [0.3, 0.4) is 0 Å². The van der Waals surface area contributed by atoms with Crippen molar-refractivity contribution in [1.29, 1.82) is 0 Å². The standard InChI is InChI=1S/Mn.H2O.Sr.Y.2H/h;1H2;;;;. The van der Waals surface area contributed by atoms with Gasteiger partial charge in [-0.1, -0.05) is 0 Å². The molecule has 4 heteroatoms. The van der Waals surface area contributed by atoms with Gasteiger partial charge in [-0.3, -0.25) is 0 Å². The predicted octanol–water partition coefficient (Wildman–Crippen LogP) is -1.75. The summed E-state index contributed by atoms with van der Waals surface area (Å²) in [6.45, 7) is 0. The Hall–Kier alpha value is 3.06. The summed E-state index contributed by atoms with van der Waals surface area (Å²) in [6, 6.07) is 0. The molecule has 0 aliphatic rings. The van der Waals surface area contributed by atoms with Crippen LogP contribution in [0, 0.1) is 0 Å². The van der Waals surface area contributed by atoms with Crippen molar-refractivity contribution in [3.05, 3.63) is 0 Å². The molecule has 0 saturated heterocycles. The Morgan fingerprint density at radius 2 is 1.00 bits per heavy atom. The van der Waals surface area contributed by atoms with E-state index < -0.39 is 0 Å². The zero-order valence-corrected chi connectivity index (χ0v) is 5.47. The first-order chi connectivity index (χ1) is 0. The number of hydrogen-bond acceptors (Lipinski definition) is 0. The van der Waals surface area contributed by atoms with Crippen LogP contribution in [0.1, 0.15) is 0 Å². The Labute approximate surface area is 98.2 Å². The second-order valence-electron chi connectivity index (χ2n) is 0. The topological polar surface area (TPSA) is 31.5 Å². The van der Waals surface area contributed by atoms with E-state index in [0.717, 1.165) is 0 Å². The number of rotatable bonds is 0. The summed E-state index contributed by atoms with van der Waals surface area (Å²) in [7, 11) is 0. The first kappa shape index (κ1) is 27.7. The van der Waals surface area contributed by atoms with Crippen molar-refractivity contribution in [3.63, 3.8) is 0 Å². The van der Waals surface area contributed by atoms with Gasteiger partial charge in [-0.15, -0.1) is 0 Å². The van der Waals surface area contributed by atoms with Crippen LogP contribution in [0.4, 0.5) is 0 Å². The van der Waals surface area contributed by atoms with Gasteiger partial charge < -0.3 is 5.48 Å². The van der Waals surface area contributed by atoms with Crippen molar-refractivity contribution < 1.29 is 55.3 Å². The molecule has 0 heterocycles. The second kappa shape index (κ2) is 16.6. The zero-order valence-electron chi connectivity index (χ0n) is 1.46. The summed E-state index contributed by atoms with van der Waals surface area (Å²) in [5.74, 6) is 0. The minimum atomic E-state index is 0. The van der Waals surface area contributed by atoms with Crippen LogP contribution < -0.4 is 0 Å². The van der Waals surface area contributed by atoms with Gasteiger partial charge in [0.25, 0.3) is 0 Å². The number of hydrogen-bond donors (Lipinski definition) is 0. The molecule has 0 atom stereocenters. The van der Waals surface area contributed by atoms with E-state index in [9.17, 15) is 0 Å². The molecule has 2 N–H and O–H groups in total. The third-order valence-electron chi connectivity index (χ3n) is 0. The molecule has 0 fully saturated rings. The molecule has 0 aromatic carbocycles. The minimum absolute atomic E-state index is 0. The van der Waals surface area contributed by atoms with Crippen LogP contribution in [-0.2, 0) is 49.8 Å². The molecule has 1 nitrogen and oxygen atoms in total. The van der Waals surface area contributed by atoms with Crippen LogP contribution in [0.2, 0.25) is 0 Å². The maximum absolute atomic E-state index is 0. The maximum Gasteiger partial charge on any atom is 0 e. The van der Waals surface area contributed by atoms with Crippen molar-refractivity contribution in [3.8, 4) is 0 Å². The van der Waals surface area contributed by atoms with E-state index in [0.29, 0.717) is 0 Å². The molecule has 0 aliphatic carbocycles. The summed E-state index contributed by atoms with van der Waals surface area (Å²) in [4.78, 5) is 0. The molecule has 0 unspecified atom stereocenters. The van der Waals surface area contributed by atoms with E-state index in [1.165, 1.54) is 0 Å². The normalized spacial score (nSPS) is 0. The van der Waals surface area contributed by atoms with Crippen LogP contribution >= 0.6 is 0 Å². The first-order valence-electron chi connectivity index (χ1n) is 0. The molecule has 0 amide bonds. The van der Waals surface area contributed by atoms with E-state index in [4.69, 9.17) is 0 Å². The monoisotopic (exact) mass is 252 g/mol. The Kier molecular flexibility index (Phi) is 115. The van der Waals surface area contributed by atoms with E-state index in [1.54, 1.807) is 0 Å². The molecule has 0 spiro atoms. The Morgan fingerprint density at radius 1 is 1.00 bits per heavy atom. The molecule has 4 heavy (non-hydrogen) atoms. The van der Waals surface area contributed by atoms with Gasteiger partial charge in [0, 0.05) is 49.8 Å². The smallest absolute Gasteiger partial charge is 0 e. The van der Waals surface area contributed by atoms with Gasteiger partial charge in [0.2, 0.25) is 0 Å². The quantitative estimate of drug-likeness (QED) is 0.458. The SMILES string of the molecule is O.[Mn].[SrH2].[Y]. The van der Waals surface area contributed by atoms with Gasteiger partial charge in [-0.25, -0.2) is 0 Å². The summed E-state index contributed by atoms with van der Waals surface area (Å²) in [5, 5.41) is 0. The second-order valence-corrected chi connectivity index (χ2v) is 0. The van der Waals surface area contributed by atoms with Crippen molar-refractivity contribution in [2.75, 3.05) is 0 Å². The van der Waals surface area contributed by atoms with E-state index in [-0.39, 0.29) is 101 Å². The van der Waals surface area contributed by atoms with Gasteiger partial charge in [0.05, 0.1) is 0 Å². The van der Waals surface area contributed by atoms with Crippen LogP contribution in [-0.4, -0.2) is 51.0 Å². The van der Waals surface area contributed by atoms with Crippen molar-refractivity contribution in [2.24, 2.45) is 0 Å². The largest absolute Gasteiger partial charge is 0 e. The third-order valence-corrected chi connectivity index (χ3v) is 0. The van der Waals surface area contributed by atoms with Gasteiger partial charge >= 0.3 is 45.5 Å². The minimum Gasteiger partial charge on any atom is 0 e. The third kappa shape index (κ3) is 8.91. The average Bonchev–Trinajstić information content (AvgIpc) is 0. The Bertz CT molecular complexity index is 8.00. The van der Waals surface area contributed by atoms with Gasteiger partial charge in [-0.2, -0.15) is 0 Å². The predicted molar refractivity (Wildman–Crippen MR) is 12.2 cm³/mol. The zero-order chi connectivity index (χ0) is 0. The molecule has 0 aromatic rings. The molecule has 0 saturated carbocycles. The summed E-state index contributed by atoms with van der Waals surface area (Å²) < 4.78 is 0. The first-order valence-corrected chi connectivity index (χ1v) is 0. The summed E-state index contributed by atoms with van der Waals surface area (Å²) in [6.07, 6.45) is 0. The van der Waals surface area contributed by atoms with Gasteiger partial charge in [0.1, 0.15) is 0 Å². The maximum atomic E-state index is 0. The van der Waals surface area contributed by atoms with Crippen molar-refractivity contribution >= 4 is 45.5 Å². The van der Waals surface area contributed by atoms with Crippen molar-refractivity contribution in [2.45, 2.75) is 0 Å². The molecular formula is H4MnOSrY. The van der Waals surface area contributed by atoms with Gasteiger partial charge in [0.15, 0.2) is 0 Å². The van der Waals surface area contributed by atoms with Crippen LogP contribution in [0.5, 0.6) is 0 Å². The van der Waals surface area contributed by atoms with E-state index in [2.05, 4.69) is 0 Å². The van der Waals surface area contributed by atoms with Crippen molar-refractivity contribution in [1.82, 2.24) is 0 Å². The Morgan fingerprint density at radius 3 is 1.00 bits per heavy atom. The summed E-state index contributed by atoms with van der Waals surface area (Å²) in [5.41, 5.74) is 0. The van der Waals surface area contributed by atoms with E-state index >= 15 is 0 Å². The van der Waals surface area contributed by atoms with Crippen LogP contribution in [0.25, 0.3) is 0 Å². The molecule has 2 radical (unpaired) electrons. The van der Waals surface area contributed by atoms with Crippen LogP contribution in [0.15, 0.2) is 0 Å². The molecule has 0 aromatic heterocycles. The average molecular weight is 251 g/mol. The Balaban J connectivity index is 0. The molecule has 0 aliphatic heterocycles. The molecule has 22 valence electrons. The molecule has 0 bridgehead atoms.